The molecule has 0 N–H and O–H groups in total. The Labute approximate surface area is 164 Å². The third kappa shape index (κ3) is 4.94. The van der Waals surface area contributed by atoms with Gasteiger partial charge in [0.05, 0.1) is 6.54 Å². The predicted molar refractivity (Wildman–Crippen MR) is 83.0 cm³/mol. The maximum atomic E-state index is 12.8. The van der Waals surface area contributed by atoms with Crippen molar-refractivity contribution in [1.82, 2.24) is 4.57 Å². The summed E-state index contributed by atoms with van der Waals surface area (Å²) >= 11 is 0. The minimum atomic E-state index is -2.62. The van der Waals surface area contributed by atoms with Crippen LogP contribution >= 0.6 is 0 Å². The number of methoxy groups -OCH3 is 1. The summed E-state index contributed by atoms with van der Waals surface area (Å²) in [7, 11) is 1.52. The largest absolute Gasteiger partial charge is 0.468 e. The Balaban J connectivity index is 0.00000288. The molecule has 0 saturated heterocycles. The Kier molecular flexibility index (Phi) is 8.20. The first-order valence-corrected chi connectivity index (χ1v) is 7.07. The van der Waals surface area contributed by atoms with E-state index in [0.717, 1.165) is 10.1 Å². The minimum absolute atomic E-state index is 0. The summed E-state index contributed by atoms with van der Waals surface area (Å²) in [5, 5.41) is 0. The predicted octanol–water partition coefficient (Wildman–Crippen LogP) is 3.18. The summed E-state index contributed by atoms with van der Waals surface area (Å²) in [6, 6.07) is 9.65. The zero-order chi connectivity index (χ0) is 17.0. The molecule has 0 unspecified atom stereocenters. The summed E-state index contributed by atoms with van der Waals surface area (Å²) < 4.78 is 36.9. The smallest absolute Gasteiger partial charge is 0.256 e. The van der Waals surface area contributed by atoms with Gasteiger partial charge in [-0.2, -0.15) is 12.1 Å². The van der Waals surface area contributed by atoms with Crippen molar-refractivity contribution in [2.45, 2.75) is 26.8 Å². The van der Waals surface area contributed by atoms with E-state index in [1.807, 2.05) is 6.92 Å². The van der Waals surface area contributed by atoms with E-state index in [9.17, 15) is 13.6 Å². The van der Waals surface area contributed by atoms with Crippen LogP contribution in [0.5, 0.6) is 5.75 Å². The number of hydrogen-bond donors (Lipinski definition) is 0. The van der Waals surface area contributed by atoms with Gasteiger partial charge >= 0.3 is 0 Å². The summed E-state index contributed by atoms with van der Waals surface area (Å²) in [4.78, 5) is 12.2. The molecule has 1 heterocycles. The fourth-order valence-electron chi connectivity index (χ4n) is 2.28. The third-order valence-corrected chi connectivity index (χ3v) is 3.39. The Bertz CT molecular complexity index is 747. The van der Waals surface area contributed by atoms with E-state index in [1.54, 1.807) is 25.1 Å². The molecule has 0 aliphatic carbocycles. The summed E-state index contributed by atoms with van der Waals surface area (Å²) in [6.07, 6.45) is -2.62. The molecule has 4 nitrogen and oxygen atoms in total. The number of alkyl halides is 2. The zero-order valence-electron chi connectivity index (χ0n) is 13.8. The van der Waals surface area contributed by atoms with Gasteiger partial charge in [-0.15, -0.1) is 6.07 Å². The topological polar surface area (TPSA) is 40.5 Å². The molecule has 0 amide bonds. The first kappa shape index (κ1) is 20.9. The zero-order valence-corrected chi connectivity index (χ0v) is 16.6. The van der Waals surface area contributed by atoms with Crippen molar-refractivity contribution in [3.05, 3.63) is 51.8 Å². The van der Waals surface area contributed by atoms with Crippen LogP contribution in [0.4, 0.5) is 8.78 Å². The molecule has 0 fully saturated rings. The van der Waals surface area contributed by atoms with Crippen LogP contribution in [-0.4, -0.2) is 24.9 Å². The molecule has 0 spiro atoms. The second-order valence-corrected chi connectivity index (χ2v) is 5.15. The number of pyridine rings is 1. The fourth-order valence-corrected chi connectivity index (χ4v) is 2.28. The van der Waals surface area contributed by atoms with Crippen LogP contribution in [0.1, 0.15) is 11.1 Å². The molecule has 0 bridgehead atoms. The van der Waals surface area contributed by atoms with E-state index in [-0.39, 0.29) is 39.5 Å². The molecule has 0 atom stereocenters. The van der Waals surface area contributed by atoms with Gasteiger partial charge in [-0.05, 0) is 12.1 Å². The fraction of sp³-hybridized carbons (Fsp3) is 0.353. The van der Waals surface area contributed by atoms with Gasteiger partial charge in [0.15, 0.2) is 12.4 Å². The molecule has 7 heteroatoms. The van der Waals surface area contributed by atoms with E-state index in [1.165, 1.54) is 13.2 Å². The van der Waals surface area contributed by atoms with Crippen molar-refractivity contribution in [2.24, 2.45) is 0 Å². The van der Waals surface area contributed by atoms with Crippen LogP contribution in [0, 0.1) is 19.9 Å². The monoisotopic (exact) mass is 411 g/mol. The molecule has 1 aromatic carbocycles. The van der Waals surface area contributed by atoms with Crippen LogP contribution in [0.3, 0.4) is 0 Å². The molecule has 2 rings (SSSR count). The number of hydrogen-bond acceptors (Lipinski definition) is 3. The first-order valence-electron chi connectivity index (χ1n) is 7.07. The Hall–Kier alpha value is -1.11. The molecule has 127 valence electrons. The number of halogens is 2. The summed E-state index contributed by atoms with van der Waals surface area (Å²) in [5.74, 6) is 0.600. The van der Waals surface area contributed by atoms with Crippen LogP contribution in [-0.2, 0) is 44.0 Å². The summed E-state index contributed by atoms with van der Waals surface area (Å²) in [5.41, 5.74) is 1.75. The van der Waals surface area contributed by atoms with Gasteiger partial charge in [0.1, 0.15) is 5.75 Å². The number of benzene rings is 1. The Morgan fingerprint density at radius 3 is 2.54 bits per heavy atom. The second-order valence-electron chi connectivity index (χ2n) is 5.15. The number of nitrogens with zero attached hydrogens (tertiary/aromatic N) is 1. The standard InChI is InChI=1S/C17H18F2NO3.Y/c1-11-4-7-15(20(17(11)21)9-16(18)19)14-6-5-13(8-12(14)2)23-10-22-3;/h4-6,8,16H,9-10H2,1-3H3;/q-1;. The van der Waals surface area contributed by atoms with Gasteiger partial charge < -0.3 is 14.0 Å². The van der Waals surface area contributed by atoms with Crippen molar-refractivity contribution >= 4 is 0 Å². The van der Waals surface area contributed by atoms with E-state index >= 15 is 0 Å². The molecular weight excluding hydrogens is 393 g/mol. The molecule has 0 aliphatic heterocycles. The average molecular weight is 411 g/mol. The molecular formula is C17H18F2NO3Y-. The maximum Gasteiger partial charge on any atom is 0.256 e. The molecule has 2 aromatic rings. The van der Waals surface area contributed by atoms with Gasteiger partial charge in [0, 0.05) is 39.8 Å². The van der Waals surface area contributed by atoms with E-state index < -0.39 is 18.5 Å². The third-order valence-electron chi connectivity index (χ3n) is 3.39. The van der Waals surface area contributed by atoms with Crippen molar-refractivity contribution in [1.29, 1.82) is 0 Å². The van der Waals surface area contributed by atoms with Crippen molar-refractivity contribution in [2.75, 3.05) is 13.9 Å². The van der Waals surface area contributed by atoms with E-state index in [2.05, 4.69) is 6.07 Å². The molecule has 0 aliphatic rings. The van der Waals surface area contributed by atoms with Crippen LogP contribution in [0.2, 0.25) is 0 Å². The van der Waals surface area contributed by atoms with Gasteiger partial charge in [0.2, 0.25) is 0 Å². The van der Waals surface area contributed by atoms with Gasteiger partial charge in [0.25, 0.3) is 6.43 Å². The molecule has 1 radical (unpaired) electrons. The van der Waals surface area contributed by atoms with Gasteiger partial charge in [-0.25, -0.2) is 8.78 Å². The molecule has 1 aromatic heterocycles. The molecule has 24 heavy (non-hydrogen) atoms. The number of ether oxygens (including phenoxy) is 2. The SMILES string of the molecule is COCOc1ccc(-c2[c-]cc(C)c(=O)n2CC(F)F)c(C)c1.[Y]. The average Bonchev–Trinajstić information content (AvgIpc) is 2.50. The molecule has 0 saturated carbocycles. The minimum Gasteiger partial charge on any atom is -0.468 e. The van der Waals surface area contributed by atoms with Crippen LogP contribution < -0.4 is 10.3 Å². The Morgan fingerprint density at radius 1 is 1.25 bits per heavy atom. The maximum absolute atomic E-state index is 12.8. The van der Waals surface area contributed by atoms with Crippen LogP contribution in [0.15, 0.2) is 29.1 Å². The van der Waals surface area contributed by atoms with Gasteiger partial charge in [-0.1, -0.05) is 36.2 Å². The number of aryl methyl sites for hydroxylation is 2. The number of rotatable bonds is 6. The normalized spacial score (nSPS) is 10.6. The number of aromatic nitrogens is 1. The van der Waals surface area contributed by atoms with E-state index in [4.69, 9.17) is 9.47 Å². The first-order chi connectivity index (χ1) is 10.9. The van der Waals surface area contributed by atoms with Crippen molar-refractivity contribution < 1.29 is 51.0 Å². The second kappa shape index (κ2) is 9.40. The van der Waals surface area contributed by atoms with Crippen LogP contribution in [0.25, 0.3) is 11.3 Å². The summed E-state index contributed by atoms with van der Waals surface area (Å²) in [6.45, 7) is 2.86. The van der Waals surface area contributed by atoms with Crippen molar-refractivity contribution in [3.8, 4) is 17.0 Å². The quantitative estimate of drug-likeness (QED) is 0.542. The van der Waals surface area contributed by atoms with E-state index in [0.29, 0.717) is 22.6 Å². The van der Waals surface area contributed by atoms with Gasteiger partial charge in [-0.3, -0.25) is 4.79 Å². The van der Waals surface area contributed by atoms with Crippen molar-refractivity contribution in [3.63, 3.8) is 0 Å². The Morgan fingerprint density at radius 2 is 1.96 bits per heavy atom.